The molecule has 0 saturated carbocycles. The van der Waals surface area contributed by atoms with Crippen molar-refractivity contribution < 1.29 is 14.6 Å². The Morgan fingerprint density at radius 2 is 2.19 bits per heavy atom. The number of alkyl halides is 1. The monoisotopic (exact) mass is 568 g/mol. The first-order valence-corrected chi connectivity index (χ1v) is 11.2. The van der Waals surface area contributed by atoms with E-state index in [0.29, 0.717) is 27.6 Å². The predicted molar refractivity (Wildman–Crippen MR) is 110 cm³/mol. The highest BCUT2D eigenvalue weighted by Gasteiger charge is 2.37. The van der Waals surface area contributed by atoms with Crippen LogP contribution in [0.4, 0.5) is 9.93 Å². The number of likely N-dealkylation sites (N-methyl/N-ethyl adjacent to an activating group) is 1. The van der Waals surface area contributed by atoms with Gasteiger partial charge in [0.05, 0.1) is 11.0 Å². The Morgan fingerprint density at radius 3 is 2.81 bits per heavy atom. The Hall–Kier alpha value is -0.750. The Bertz CT molecular complexity index is 806. The summed E-state index contributed by atoms with van der Waals surface area (Å²) in [7, 11) is 1.63. The summed E-state index contributed by atoms with van der Waals surface area (Å²) in [6, 6.07) is 5.36. The molecule has 0 spiro atoms. The third-order valence-electron chi connectivity index (χ3n) is 3.71. The van der Waals surface area contributed by atoms with Gasteiger partial charge in [-0.25, -0.2) is 9.69 Å². The van der Waals surface area contributed by atoms with Crippen LogP contribution in [0.15, 0.2) is 27.1 Å². The molecule has 1 aromatic heterocycles. The van der Waals surface area contributed by atoms with Crippen LogP contribution in [0.2, 0.25) is 0 Å². The second kappa shape index (κ2) is 8.51. The number of anilines is 1. The minimum atomic E-state index is -0.926. The second-order valence-corrected chi connectivity index (χ2v) is 9.15. The van der Waals surface area contributed by atoms with Gasteiger partial charge in [-0.2, -0.15) is 0 Å². The average molecular weight is 571 g/mol. The molecule has 2 atom stereocenters. The van der Waals surface area contributed by atoms with Crippen molar-refractivity contribution in [3.05, 3.63) is 32.2 Å². The van der Waals surface area contributed by atoms with E-state index in [1.54, 1.807) is 7.05 Å². The quantitative estimate of drug-likeness (QED) is 0.528. The molecule has 0 bridgehead atoms. The first-order chi connectivity index (χ1) is 12.4. The molecule has 2 aromatic rings. The van der Waals surface area contributed by atoms with Crippen molar-refractivity contribution in [3.8, 4) is 5.75 Å². The fourth-order valence-corrected chi connectivity index (χ4v) is 4.94. The molecule has 3 rings (SSSR count). The van der Waals surface area contributed by atoms with Crippen molar-refractivity contribution in [2.45, 2.75) is 18.8 Å². The number of hydrogen-bond donors (Lipinski definition) is 1. The lowest BCUT2D eigenvalue weighted by Gasteiger charge is -2.17. The lowest BCUT2D eigenvalue weighted by molar-refractivity contribution is 0.183. The predicted octanol–water partition coefficient (Wildman–Crippen LogP) is 4.16. The van der Waals surface area contributed by atoms with Crippen LogP contribution in [0.1, 0.15) is 17.5 Å². The van der Waals surface area contributed by atoms with Crippen LogP contribution in [0.3, 0.4) is 0 Å². The molecule has 1 saturated heterocycles. The van der Waals surface area contributed by atoms with Crippen LogP contribution in [-0.4, -0.2) is 51.4 Å². The zero-order valence-corrected chi connectivity index (χ0v) is 19.2. The second-order valence-electron chi connectivity index (χ2n) is 5.60. The van der Waals surface area contributed by atoms with E-state index >= 15 is 0 Å². The van der Waals surface area contributed by atoms with E-state index in [-0.39, 0.29) is 18.7 Å². The lowest BCUT2D eigenvalue weighted by Crippen LogP contribution is -2.34. The SMILES string of the molecule is CN1CC(O)N(c2nnc(C(CCBr)Oc3ccc(Br)cc3Br)s2)C1=O. The molecule has 1 aliphatic rings. The summed E-state index contributed by atoms with van der Waals surface area (Å²) in [5, 5.41) is 20.1. The number of carbonyl (C=O) groups is 1. The minimum absolute atomic E-state index is 0.237. The number of aliphatic hydroxyl groups excluding tert-OH is 1. The number of carbonyl (C=O) groups excluding carboxylic acids is 1. The number of nitrogens with zero attached hydrogens (tertiary/aromatic N) is 4. The zero-order valence-electron chi connectivity index (χ0n) is 13.6. The molecule has 2 heterocycles. The Kier molecular flexibility index (Phi) is 6.54. The van der Waals surface area contributed by atoms with Crippen molar-refractivity contribution in [3.63, 3.8) is 0 Å². The summed E-state index contributed by atoms with van der Waals surface area (Å²) in [5.74, 6) is 0.688. The average Bonchev–Trinajstić information content (AvgIpc) is 3.14. The van der Waals surface area contributed by atoms with Crippen LogP contribution in [-0.2, 0) is 0 Å². The number of rotatable bonds is 6. The van der Waals surface area contributed by atoms with Gasteiger partial charge >= 0.3 is 6.03 Å². The highest BCUT2D eigenvalue weighted by Crippen LogP contribution is 2.36. The third-order valence-corrected chi connectivity index (χ3v) is 6.30. The van der Waals surface area contributed by atoms with Crippen LogP contribution in [0, 0.1) is 0 Å². The smallest absolute Gasteiger partial charge is 0.328 e. The molecule has 26 heavy (non-hydrogen) atoms. The van der Waals surface area contributed by atoms with Gasteiger partial charge in [-0.3, -0.25) is 0 Å². The summed E-state index contributed by atoms with van der Waals surface area (Å²) in [5.41, 5.74) is 0. The maximum Gasteiger partial charge on any atom is 0.328 e. The zero-order chi connectivity index (χ0) is 18.8. The number of halogens is 3. The minimum Gasteiger partial charge on any atom is -0.482 e. The van der Waals surface area contributed by atoms with Gasteiger partial charge in [0.2, 0.25) is 5.13 Å². The third kappa shape index (κ3) is 4.22. The number of ether oxygens (including phenoxy) is 1. The van der Waals surface area contributed by atoms with Gasteiger partial charge in [0, 0.05) is 23.3 Å². The first-order valence-electron chi connectivity index (χ1n) is 7.64. The summed E-state index contributed by atoms with van der Waals surface area (Å²) in [4.78, 5) is 14.9. The summed E-state index contributed by atoms with van der Waals surface area (Å²) in [6.07, 6.45) is -0.580. The number of aromatic nitrogens is 2. The van der Waals surface area contributed by atoms with Crippen LogP contribution < -0.4 is 9.64 Å². The molecule has 7 nitrogen and oxygen atoms in total. The van der Waals surface area contributed by atoms with Gasteiger partial charge in [0.25, 0.3) is 0 Å². The lowest BCUT2D eigenvalue weighted by atomic mass is 10.3. The van der Waals surface area contributed by atoms with Crippen molar-refractivity contribution in [1.29, 1.82) is 0 Å². The van der Waals surface area contributed by atoms with Gasteiger partial charge in [0.1, 0.15) is 5.75 Å². The Balaban J connectivity index is 1.83. The van der Waals surface area contributed by atoms with Gasteiger partial charge in [0.15, 0.2) is 17.3 Å². The summed E-state index contributed by atoms with van der Waals surface area (Å²) < 4.78 is 7.88. The van der Waals surface area contributed by atoms with Crippen LogP contribution in [0.5, 0.6) is 5.75 Å². The van der Waals surface area contributed by atoms with Crippen molar-refractivity contribution in [2.24, 2.45) is 0 Å². The molecule has 2 amide bonds. The largest absolute Gasteiger partial charge is 0.482 e. The van der Waals surface area contributed by atoms with E-state index in [9.17, 15) is 9.90 Å². The molecule has 1 N–H and O–H groups in total. The molecular formula is C15H15Br3N4O3S. The number of benzene rings is 1. The molecule has 140 valence electrons. The van der Waals surface area contributed by atoms with Gasteiger partial charge < -0.3 is 14.7 Å². The topological polar surface area (TPSA) is 78.8 Å². The number of hydrogen-bond acceptors (Lipinski definition) is 6. The fraction of sp³-hybridized carbons (Fsp3) is 0.400. The van der Waals surface area contributed by atoms with E-state index < -0.39 is 6.23 Å². The molecule has 2 unspecified atom stereocenters. The molecule has 11 heteroatoms. The summed E-state index contributed by atoms with van der Waals surface area (Å²) >= 11 is 11.6. The standard InChI is InChI=1S/C15H15Br3N4O3S/c1-21-7-12(23)22(15(21)24)14-20-19-13(26-14)11(4-5-16)25-10-3-2-8(17)6-9(10)18/h2-3,6,11-12,23H,4-5,7H2,1H3. The van der Waals surface area contributed by atoms with Gasteiger partial charge in [-0.1, -0.05) is 43.2 Å². The van der Waals surface area contributed by atoms with E-state index in [4.69, 9.17) is 4.74 Å². The van der Waals surface area contributed by atoms with Gasteiger partial charge in [-0.15, -0.1) is 10.2 Å². The Morgan fingerprint density at radius 1 is 1.42 bits per heavy atom. The molecule has 1 aromatic carbocycles. The van der Waals surface area contributed by atoms with E-state index in [0.717, 1.165) is 8.95 Å². The molecule has 0 aliphatic carbocycles. The van der Waals surface area contributed by atoms with Crippen LogP contribution >= 0.6 is 59.1 Å². The van der Waals surface area contributed by atoms with Crippen LogP contribution in [0.25, 0.3) is 0 Å². The normalized spacial score (nSPS) is 18.5. The number of β-amino-alcohol motifs (C(OH)–C–C–N with tert-alkyl or cyclic N) is 1. The van der Waals surface area contributed by atoms with Crippen molar-refractivity contribution in [1.82, 2.24) is 15.1 Å². The first kappa shape index (κ1) is 20.0. The molecule has 0 radical (unpaired) electrons. The van der Waals surface area contributed by atoms with Gasteiger partial charge in [-0.05, 0) is 34.1 Å². The fourth-order valence-electron chi connectivity index (χ4n) is 2.44. The Labute approximate surface area is 179 Å². The maximum atomic E-state index is 12.2. The number of aliphatic hydroxyl groups is 1. The maximum absolute atomic E-state index is 12.2. The van der Waals surface area contributed by atoms with E-state index in [1.807, 2.05) is 18.2 Å². The molecule has 1 fully saturated rings. The number of urea groups is 1. The molecule has 1 aliphatic heterocycles. The number of amides is 2. The van der Waals surface area contributed by atoms with E-state index in [2.05, 4.69) is 58.0 Å². The summed E-state index contributed by atoms with van der Waals surface area (Å²) in [6.45, 7) is 0.237. The highest BCUT2D eigenvalue weighted by atomic mass is 79.9. The molecular weight excluding hydrogens is 556 g/mol. The van der Waals surface area contributed by atoms with Crippen molar-refractivity contribution >= 4 is 70.3 Å². The highest BCUT2D eigenvalue weighted by molar-refractivity contribution is 9.11. The van der Waals surface area contributed by atoms with Crippen molar-refractivity contribution in [2.75, 3.05) is 23.8 Å². The van der Waals surface area contributed by atoms with E-state index in [1.165, 1.54) is 21.1 Å².